The lowest BCUT2D eigenvalue weighted by atomic mass is 10.1. The largest absolute Gasteiger partial charge is 0.491 e. The summed E-state index contributed by atoms with van der Waals surface area (Å²) in [5, 5.41) is 9.06. The molecule has 0 bridgehead atoms. The number of thioether (sulfide) groups is 1. The van der Waals surface area contributed by atoms with E-state index in [0.29, 0.717) is 11.9 Å². The van der Waals surface area contributed by atoms with Crippen molar-refractivity contribution in [3.8, 4) is 5.75 Å². The standard InChI is InChI=1S/C16H21N3OS/c1-11(2)20-14-7-5-12(6-8-14)9-13-10-18-16(21-4)19(3)15(13)17/h5-8,10-11,17H,9H2,1-4H3. The van der Waals surface area contributed by atoms with Crippen LogP contribution < -0.4 is 10.2 Å². The minimum absolute atomic E-state index is 0.179. The molecule has 1 aromatic heterocycles. The normalized spacial score (nSPS) is 10.9. The van der Waals surface area contributed by atoms with Crippen LogP contribution in [0.5, 0.6) is 5.75 Å². The zero-order chi connectivity index (χ0) is 15.4. The second-order valence-corrected chi connectivity index (χ2v) is 5.94. The molecule has 0 saturated heterocycles. The smallest absolute Gasteiger partial charge is 0.168 e. The van der Waals surface area contributed by atoms with E-state index in [0.717, 1.165) is 22.0 Å². The number of nitrogens with zero attached hydrogens (tertiary/aromatic N) is 2. The summed E-state index contributed by atoms with van der Waals surface area (Å²) >= 11 is 1.55. The summed E-state index contributed by atoms with van der Waals surface area (Å²) in [7, 11) is 1.88. The molecule has 0 saturated carbocycles. The lowest BCUT2D eigenvalue weighted by Crippen LogP contribution is -2.23. The van der Waals surface area contributed by atoms with Crippen molar-refractivity contribution in [3.63, 3.8) is 0 Å². The maximum Gasteiger partial charge on any atom is 0.168 e. The van der Waals surface area contributed by atoms with Gasteiger partial charge in [0.25, 0.3) is 0 Å². The van der Waals surface area contributed by atoms with E-state index < -0.39 is 0 Å². The Labute approximate surface area is 129 Å². The number of aromatic nitrogens is 2. The van der Waals surface area contributed by atoms with Crippen LogP contribution in [0.25, 0.3) is 0 Å². The molecule has 0 unspecified atom stereocenters. The van der Waals surface area contributed by atoms with Gasteiger partial charge in [0, 0.05) is 25.2 Å². The predicted octanol–water partition coefficient (Wildman–Crippen LogP) is 3.00. The van der Waals surface area contributed by atoms with Crippen molar-refractivity contribution >= 4 is 11.8 Å². The van der Waals surface area contributed by atoms with Gasteiger partial charge in [0.2, 0.25) is 0 Å². The van der Waals surface area contributed by atoms with Crippen LogP contribution in [0.4, 0.5) is 0 Å². The third-order valence-electron chi connectivity index (χ3n) is 3.13. The van der Waals surface area contributed by atoms with E-state index >= 15 is 0 Å². The molecule has 0 atom stereocenters. The van der Waals surface area contributed by atoms with Crippen LogP contribution in [0, 0.1) is 5.41 Å². The van der Waals surface area contributed by atoms with Crippen LogP contribution in [-0.2, 0) is 13.5 Å². The quantitative estimate of drug-likeness (QED) is 0.682. The molecule has 1 aromatic carbocycles. The van der Waals surface area contributed by atoms with Crippen LogP contribution in [0.2, 0.25) is 0 Å². The highest BCUT2D eigenvalue weighted by Gasteiger charge is 2.05. The van der Waals surface area contributed by atoms with Gasteiger partial charge in [-0.25, -0.2) is 4.98 Å². The van der Waals surface area contributed by atoms with Crippen molar-refractivity contribution in [2.75, 3.05) is 6.26 Å². The number of ether oxygens (including phenoxy) is 1. The van der Waals surface area contributed by atoms with E-state index in [-0.39, 0.29) is 6.10 Å². The van der Waals surface area contributed by atoms with E-state index in [9.17, 15) is 0 Å². The molecule has 5 heteroatoms. The SMILES string of the molecule is CSc1ncc(Cc2ccc(OC(C)C)cc2)c(=N)n1C. The summed E-state index contributed by atoms with van der Waals surface area (Å²) in [6.45, 7) is 4.03. The van der Waals surface area contributed by atoms with Crippen molar-refractivity contribution in [1.82, 2.24) is 9.55 Å². The Kier molecular flexibility index (Phi) is 5.07. The van der Waals surface area contributed by atoms with Gasteiger partial charge >= 0.3 is 0 Å². The molecule has 112 valence electrons. The van der Waals surface area contributed by atoms with Crippen LogP contribution in [0.3, 0.4) is 0 Å². The molecule has 0 fully saturated rings. The minimum Gasteiger partial charge on any atom is -0.491 e. The van der Waals surface area contributed by atoms with E-state index in [1.54, 1.807) is 18.0 Å². The summed E-state index contributed by atoms with van der Waals surface area (Å²) in [5.41, 5.74) is 2.59. The molecule has 0 amide bonds. The third kappa shape index (κ3) is 3.88. The van der Waals surface area contributed by atoms with Crippen LogP contribution in [0.15, 0.2) is 35.6 Å². The van der Waals surface area contributed by atoms with Crippen LogP contribution in [-0.4, -0.2) is 21.9 Å². The molecule has 1 N–H and O–H groups in total. The fourth-order valence-corrected chi connectivity index (χ4v) is 2.61. The van der Waals surface area contributed by atoms with Crippen molar-refractivity contribution in [3.05, 3.63) is 47.1 Å². The molecule has 0 radical (unpaired) electrons. The zero-order valence-electron chi connectivity index (χ0n) is 12.9. The van der Waals surface area contributed by atoms with Gasteiger partial charge in [-0.3, -0.25) is 5.41 Å². The highest BCUT2D eigenvalue weighted by molar-refractivity contribution is 7.98. The fourth-order valence-electron chi connectivity index (χ4n) is 2.09. The molecule has 1 heterocycles. The monoisotopic (exact) mass is 303 g/mol. The first-order valence-electron chi connectivity index (χ1n) is 6.90. The van der Waals surface area contributed by atoms with E-state index in [2.05, 4.69) is 4.98 Å². The van der Waals surface area contributed by atoms with Gasteiger partial charge in [-0.15, -0.1) is 0 Å². The lowest BCUT2D eigenvalue weighted by molar-refractivity contribution is 0.242. The molecule has 0 spiro atoms. The zero-order valence-corrected chi connectivity index (χ0v) is 13.7. The lowest BCUT2D eigenvalue weighted by Gasteiger charge is -2.11. The number of rotatable bonds is 5. The average Bonchev–Trinajstić information content (AvgIpc) is 2.45. The molecular weight excluding hydrogens is 282 g/mol. The van der Waals surface area contributed by atoms with Crippen LogP contribution >= 0.6 is 11.8 Å². The van der Waals surface area contributed by atoms with Gasteiger partial charge in [0.1, 0.15) is 11.2 Å². The van der Waals surface area contributed by atoms with Gasteiger partial charge < -0.3 is 9.30 Å². The molecule has 0 aliphatic carbocycles. The van der Waals surface area contributed by atoms with Crippen molar-refractivity contribution in [1.29, 1.82) is 5.41 Å². The Morgan fingerprint density at radius 2 is 1.95 bits per heavy atom. The summed E-state index contributed by atoms with van der Waals surface area (Å²) in [4.78, 5) is 4.39. The average molecular weight is 303 g/mol. The maximum atomic E-state index is 8.21. The third-order valence-corrected chi connectivity index (χ3v) is 3.87. The molecule has 2 aromatic rings. The topological polar surface area (TPSA) is 50.9 Å². The van der Waals surface area contributed by atoms with Gasteiger partial charge in [-0.05, 0) is 37.8 Å². The van der Waals surface area contributed by atoms with Gasteiger partial charge in [0.05, 0.1) is 6.10 Å². The Hall–Kier alpha value is -1.75. The number of benzene rings is 1. The molecule has 0 aliphatic heterocycles. The van der Waals surface area contributed by atoms with Gasteiger partial charge in [-0.1, -0.05) is 23.9 Å². The first-order chi connectivity index (χ1) is 10.0. The number of hydrogen-bond acceptors (Lipinski definition) is 4. The van der Waals surface area contributed by atoms with Crippen molar-refractivity contribution in [2.24, 2.45) is 7.05 Å². The molecule has 4 nitrogen and oxygen atoms in total. The fraction of sp³-hybridized carbons (Fsp3) is 0.375. The van der Waals surface area contributed by atoms with Gasteiger partial charge in [-0.2, -0.15) is 0 Å². The summed E-state index contributed by atoms with van der Waals surface area (Å²) in [5.74, 6) is 0.876. The summed E-state index contributed by atoms with van der Waals surface area (Å²) in [6.07, 6.45) is 4.65. The highest BCUT2D eigenvalue weighted by Crippen LogP contribution is 2.16. The summed E-state index contributed by atoms with van der Waals surface area (Å²) < 4.78 is 7.45. The second-order valence-electron chi connectivity index (χ2n) is 5.17. The van der Waals surface area contributed by atoms with E-state index in [4.69, 9.17) is 10.1 Å². The van der Waals surface area contributed by atoms with E-state index in [1.807, 2.05) is 56.0 Å². The summed E-state index contributed by atoms with van der Waals surface area (Å²) in [6, 6.07) is 8.03. The van der Waals surface area contributed by atoms with Crippen molar-refractivity contribution in [2.45, 2.75) is 31.5 Å². The predicted molar refractivity (Wildman–Crippen MR) is 85.9 cm³/mol. The first kappa shape index (κ1) is 15.6. The highest BCUT2D eigenvalue weighted by atomic mass is 32.2. The molecule has 0 aliphatic rings. The molecular formula is C16H21N3OS. The number of nitrogens with one attached hydrogen (secondary N) is 1. The Balaban J connectivity index is 2.19. The van der Waals surface area contributed by atoms with Gasteiger partial charge in [0.15, 0.2) is 5.16 Å². The molecule has 21 heavy (non-hydrogen) atoms. The maximum absolute atomic E-state index is 8.21. The van der Waals surface area contributed by atoms with Crippen molar-refractivity contribution < 1.29 is 4.74 Å². The van der Waals surface area contributed by atoms with E-state index in [1.165, 1.54) is 0 Å². The Morgan fingerprint density at radius 1 is 1.29 bits per heavy atom. The minimum atomic E-state index is 0.179. The number of hydrogen-bond donors (Lipinski definition) is 1. The Morgan fingerprint density at radius 3 is 2.52 bits per heavy atom. The second kappa shape index (κ2) is 6.80. The molecule has 2 rings (SSSR count). The van der Waals surface area contributed by atoms with Crippen LogP contribution in [0.1, 0.15) is 25.0 Å². The Bertz CT molecular complexity index is 662. The first-order valence-corrected chi connectivity index (χ1v) is 8.13.